The Kier molecular flexibility index (Phi) is 4.92. The Morgan fingerprint density at radius 1 is 1.44 bits per heavy atom. The first-order chi connectivity index (χ1) is 13.1. The number of fused-ring (bicyclic) bond motifs is 2. The van der Waals surface area contributed by atoms with Gasteiger partial charge in [-0.2, -0.15) is 11.8 Å². The zero-order valence-corrected chi connectivity index (χ0v) is 16.6. The van der Waals surface area contributed by atoms with Crippen LogP contribution in [0.2, 0.25) is 0 Å². The van der Waals surface area contributed by atoms with Crippen LogP contribution in [0.3, 0.4) is 0 Å². The third-order valence-electron chi connectivity index (χ3n) is 4.60. The Labute approximate surface area is 164 Å². The zero-order valence-electron chi connectivity index (χ0n) is 15.0. The van der Waals surface area contributed by atoms with Crippen LogP contribution in [-0.4, -0.2) is 28.7 Å². The van der Waals surface area contributed by atoms with Crippen LogP contribution < -0.4 is 15.6 Å². The molecular formula is C19H19N3O3S2. The highest BCUT2D eigenvalue weighted by molar-refractivity contribution is 7.97. The summed E-state index contributed by atoms with van der Waals surface area (Å²) in [6, 6.07) is 7.63. The van der Waals surface area contributed by atoms with E-state index in [-0.39, 0.29) is 17.5 Å². The minimum Gasteiger partial charge on any atom is -0.493 e. The standard InChI is InChI=1S/C19H19N3O3S2/c1-10-15-17(23)21-14(9-26-2)22-19(15)27-16(10)18(24)20-12-7-8-25-13-6-4-3-5-11(12)13/h3-6,12H,7-9H2,1-2H3,(H,20,24)(H,21,22,23). The quantitative estimate of drug-likeness (QED) is 0.700. The fourth-order valence-corrected chi connectivity index (χ4v) is 4.84. The average Bonchev–Trinajstić information content (AvgIpc) is 2.99. The number of carbonyl (C=O) groups excluding carboxylic acids is 1. The number of aryl methyl sites for hydroxylation is 1. The number of carbonyl (C=O) groups is 1. The Morgan fingerprint density at radius 3 is 3.07 bits per heavy atom. The molecule has 2 N–H and O–H groups in total. The number of nitrogens with zero attached hydrogens (tertiary/aromatic N) is 1. The highest BCUT2D eigenvalue weighted by atomic mass is 32.2. The summed E-state index contributed by atoms with van der Waals surface area (Å²) in [5.41, 5.74) is 1.47. The van der Waals surface area contributed by atoms with Crippen LogP contribution in [0.4, 0.5) is 0 Å². The smallest absolute Gasteiger partial charge is 0.262 e. The first-order valence-electron chi connectivity index (χ1n) is 8.62. The summed E-state index contributed by atoms with van der Waals surface area (Å²) >= 11 is 2.86. The Bertz CT molecular complexity index is 1070. The van der Waals surface area contributed by atoms with E-state index in [1.807, 2.05) is 30.5 Å². The summed E-state index contributed by atoms with van der Waals surface area (Å²) in [5.74, 6) is 1.89. The van der Waals surface area contributed by atoms with Crippen molar-refractivity contribution in [3.05, 3.63) is 56.4 Å². The molecule has 2 aromatic heterocycles. The number of hydrogen-bond acceptors (Lipinski definition) is 6. The summed E-state index contributed by atoms with van der Waals surface area (Å²) in [6.45, 7) is 2.36. The van der Waals surface area contributed by atoms with E-state index >= 15 is 0 Å². The van der Waals surface area contributed by atoms with Gasteiger partial charge in [0.05, 0.1) is 28.7 Å². The van der Waals surface area contributed by atoms with Gasteiger partial charge in [0, 0.05) is 12.0 Å². The lowest BCUT2D eigenvalue weighted by Gasteiger charge is -2.26. The lowest BCUT2D eigenvalue weighted by molar-refractivity contribution is 0.0928. The monoisotopic (exact) mass is 401 g/mol. The molecule has 1 aliphatic rings. The second-order valence-electron chi connectivity index (χ2n) is 6.38. The van der Waals surface area contributed by atoms with Crippen molar-refractivity contribution in [3.63, 3.8) is 0 Å². The van der Waals surface area contributed by atoms with Crippen LogP contribution in [0.1, 0.15) is 39.1 Å². The van der Waals surface area contributed by atoms with Gasteiger partial charge in [-0.3, -0.25) is 9.59 Å². The predicted octanol–water partition coefficient (Wildman–Crippen LogP) is 3.41. The number of thioether (sulfide) groups is 1. The third-order valence-corrected chi connectivity index (χ3v) is 6.35. The molecule has 0 fully saturated rings. The number of aromatic amines is 1. The van der Waals surface area contributed by atoms with Gasteiger partial charge in [-0.05, 0) is 24.8 Å². The van der Waals surface area contributed by atoms with Gasteiger partial charge in [-0.1, -0.05) is 18.2 Å². The minimum atomic E-state index is -0.187. The Hall–Kier alpha value is -2.32. The van der Waals surface area contributed by atoms with Gasteiger partial charge in [0.15, 0.2) is 0 Å². The maximum absolute atomic E-state index is 12.9. The van der Waals surface area contributed by atoms with E-state index in [1.165, 1.54) is 11.3 Å². The van der Waals surface area contributed by atoms with Crippen molar-refractivity contribution in [1.29, 1.82) is 0 Å². The van der Waals surface area contributed by atoms with Crippen molar-refractivity contribution in [2.24, 2.45) is 0 Å². The predicted molar refractivity (Wildman–Crippen MR) is 109 cm³/mol. The molecule has 0 saturated carbocycles. The highest BCUT2D eigenvalue weighted by Crippen LogP contribution is 2.33. The van der Waals surface area contributed by atoms with E-state index in [1.54, 1.807) is 18.7 Å². The second kappa shape index (κ2) is 7.36. The topological polar surface area (TPSA) is 84.1 Å². The maximum Gasteiger partial charge on any atom is 0.262 e. The van der Waals surface area contributed by atoms with Crippen molar-refractivity contribution >= 4 is 39.2 Å². The van der Waals surface area contributed by atoms with Crippen LogP contribution in [0.25, 0.3) is 10.2 Å². The molecule has 6 nitrogen and oxygen atoms in total. The summed E-state index contributed by atoms with van der Waals surface area (Å²) in [5, 5.41) is 3.60. The van der Waals surface area contributed by atoms with Crippen molar-refractivity contribution in [3.8, 4) is 5.75 Å². The SMILES string of the molecule is CSCc1nc2sc(C(=O)NC3CCOc4ccccc43)c(C)c2c(=O)[nH]1. The van der Waals surface area contributed by atoms with Gasteiger partial charge in [0.2, 0.25) is 0 Å². The van der Waals surface area contributed by atoms with Crippen LogP contribution in [0.15, 0.2) is 29.1 Å². The number of amides is 1. The van der Waals surface area contributed by atoms with Gasteiger partial charge in [0.25, 0.3) is 11.5 Å². The lowest BCUT2D eigenvalue weighted by Crippen LogP contribution is -2.32. The fourth-order valence-electron chi connectivity index (χ4n) is 3.33. The van der Waals surface area contributed by atoms with Gasteiger partial charge in [-0.25, -0.2) is 4.98 Å². The molecule has 140 valence electrons. The molecule has 4 rings (SSSR count). The summed E-state index contributed by atoms with van der Waals surface area (Å²) in [7, 11) is 0. The van der Waals surface area contributed by atoms with E-state index < -0.39 is 0 Å². The van der Waals surface area contributed by atoms with Gasteiger partial charge in [0.1, 0.15) is 16.4 Å². The number of ether oxygens (including phenoxy) is 1. The molecule has 1 unspecified atom stereocenters. The van der Waals surface area contributed by atoms with Gasteiger partial charge >= 0.3 is 0 Å². The molecule has 0 bridgehead atoms. The molecular weight excluding hydrogens is 382 g/mol. The Morgan fingerprint density at radius 2 is 2.26 bits per heavy atom. The number of para-hydroxylation sites is 1. The normalized spacial score (nSPS) is 16.0. The molecule has 0 saturated heterocycles. The molecule has 0 radical (unpaired) electrons. The molecule has 0 spiro atoms. The molecule has 1 atom stereocenters. The molecule has 8 heteroatoms. The number of benzene rings is 1. The van der Waals surface area contributed by atoms with Gasteiger partial charge < -0.3 is 15.0 Å². The van der Waals surface area contributed by atoms with Crippen LogP contribution in [0.5, 0.6) is 5.75 Å². The average molecular weight is 402 g/mol. The number of hydrogen-bond donors (Lipinski definition) is 2. The molecule has 27 heavy (non-hydrogen) atoms. The third kappa shape index (κ3) is 3.35. The van der Waals surface area contributed by atoms with Crippen molar-refractivity contribution in [2.75, 3.05) is 12.9 Å². The molecule has 0 aliphatic carbocycles. The summed E-state index contributed by atoms with van der Waals surface area (Å²) in [6.07, 6.45) is 2.66. The largest absolute Gasteiger partial charge is 0.493 e. The number of nitrogens with one attached hydrogen (secondary N) is 2. The van der Waals surface area contributed by atoms with E-state index in [9.17, 15) is 9.59 Å². The van der Waals surface area contributed by atoms with E-state index in [0.717, 1.165) is 11.3 Å². The van der Waals surface area contributed by atoms with Crippen molar-refractivity contribution in [1.82, 2.24) is 15.3 Å². The molecule has 3 aromatic rings. The van der Waals surface area contributed by atoms with E-state index in [2.05, 4.69) is 15.3 Å². The second-order valence-corrected chi connectivity index (χ2v) is 8.25. The molecule has 1 aliphatic heterocycles. The number of thiophene rings is 1. The number of aromatic nitrogens is 2. The van der Waals surface area contributed by atoms with Crippen LogP contribution in [0, 0.1) is 6.92 Å². The molecule has 1 aromatic carbocycles. The fraction of sp³-hybridized carbons (Fsp3) is 0.316. The lowest BCUT2D eigenvalue weighted by atomic mass is 10.0. The maximum atomic E-state index is 12.9. The molecule has 1 amide bonds. The number of rotatable bonds is 4. The van der Waals surface area contributed by atoms with E-state index in [4.69, 9.17) is 4.74 Å². The minimum absolute atomic E-state index is 0.106. The van der Waals surface area contributed by atoms with E-state index in [0.29, 0.717) is 45.3 Å². The van der Waals surface area contributed by atoms with Crippen LogP contribution >= 0.6 is 23.1 Å². The highest BCUT2D eigenvalue weighted by Gasteiger charge is 2.25. The number of H-pyrrole nitrogens is 1. The zero-order chi connectivity index (χ0) is 19.0. The first-order valence-corrected chi connectivity index (χ1v) is 10.8. The summed E-state index contributed by atoms with van der Waals surface area (Å²) in [4.78, 5) is 33.9. The van der Waals surface area contributed by atoms with Gasteiger partial charge in [-0.15, -0.1) is 11.3 Å². The molecule has 3 heterocycles. The van der Waals surface area contributed by atoms with Crippen molar-refractivity contribution < 1.29 is 9.53 Å². The van der Waals surface area contributed by atoms with Crippen LogP contribution in [-0.2, 0) is 5.75 Å². The van der Waals surface area contributed by atoms with Crippen molar-refractivity contribution in [2.45, 2.75) is 25.1 Å². The summed E-state index contributed by atoms with van der Waals surface area (Å²) < 4.78 is 5.66. The Balaban J connectivity index is 1.67. The first kappa shape index (κ1) is 18.1.